The van der Waals surface area contributed by atoms with Crippen molar-refractivity contribution >= 4 is 34.5 Å². The Balaban J connectivity index is 2.33. The number of hydrogen-bond acceptors (Lipinski definition) is 3. The molecule has 0 saturated heterocycles. The average Bonchev–Trinajstić information content (AvgIpc) is 2.79. The predicted octanol–water partition coefficient (Wildman–Crippen LogP) is 5.16. The van der Waals surface area contributed by atoms with E-state index in [2.05, 4.69) is 25.8 Å². The molecule has 19 heavy (non-hydrogen) atoms. The van der Waals surface area contributed by atoms with Gasteiger partial charge in [-0.2, -0.15) is 0 Å². The third-order valence-corrected chi connectivity index (χ3v) is 4.60. The van der Waals surface area contributed by atoms with Gasteiger partial charge in [0.25, 0.3) is 0 Å². The molecule has 0 amide bonds. The summed E-state index contributed by atoms with van der Waals surface area (Å²) in [5, 5.41) is 4.02. The van der Waals surface area contributed by atoms with E-state index < -0.39 is 0 Å². The number of thiazole rings is 1. The molecule has 0 aliphatic carbocycles. The maximum absolute atomic E-state index is 6.22. The number of aromatic nitrogens is 1. The molecule has 2 aromatic rings. The highest BCUT2D eigenvalue weighted by Crippen LogP contribution is 2.35. The molecule has 0 spiro atoms. The van der Waals surface area contributed by atoms with Gasteiger partial charge in [0, 0.05) is 10.9 Å². The summed E-state index contributed by atoms with van der Waals surface area (Å²) in [6.45, 7) is 6.33. The van der Waals surface area contributed by atoms with Crippen molar-refractivity contribution in [2.24, 2.45) is 11.1 Å². The lowest BCUT2D eigenvalue weighted by molar-refractivity contribution is 0.326. The molecule has 2 nitrogen and oxygen atoms in total. The van der Waals surface area contributed by atoms with Crippen LogP contribution in [-0.2, 0) is 0 Å². The fourth-order valence-corrected chi connectivity index (χ4v) is 2.96. The first-order valence-corrected chi connectivity index (χ1v) is 7.59. The van der Waals surface area contributed by atoms with Gasteiger partial charge in [-0.25, -0.2) is 4.98 Å². The van der Waals surface area contributed by atoms with Crippen molar-refractivity contribution in [3.8, 4) is 11.3 Å². The second kappa shape index (κ2) is 5.41. The average molecular weight is 315 g/mol. The standard InChI is InChI=1S/C14H16Cl2N2S/c1-14(2,3)12(17)13-18-11(7-19-13)8-4-5-9(15)10(16)6-8/h4-7,12H,17H2,1-3H3. The summed E-state index contributed by atoms with van der Waals surface area (Å²) < 4.78 is 0. The lowest BCUT2D eigenvalue weighted by atomic mass is 9.88. The third kappa shape index (κ3) is 3.29. The zero-order chi connectivity index (χ0) is 14.2. The van der Waals surface area contributed by atoms with Crippen LogP contribution in [-0.4, -0.2) is 4.98 Å². The van der Waals surface area contributed by atoms with Gasteiger partial charge in [0.15, 0.2) is 0 Å². The van der Waals surface area contributed by atoms with E-state index in [0.717, 1.165) is 16.3 Å². The van der Waals surface area contributed by atoms with Crippen LogP contribution < -0.4 is 5.73 Å². The normalized spacial score (nSPS) is 13.6. The summed E-state index contributed by atoms with van der Waals surface area (Å²) in [6, 6.07) is 5.44. The smallest absolute Gasteiger partial charge is 0.111 e. The molecule has 0 aliphatic rings. The lowest BCUT2D eigenvalue weighted by Crippen LogP contribution is -2.26. The summed E-state index contributed by atoms with van der Waals surface area (Å²) in [5.74, 6) is 0. The zero-order valence-corrected chi connectivity index (χ0v) is 13.4. The first-order chi connectivity index (χ1) is 8.79. The molecule has 5 heteroatoms. The molecule has 1 heterocycles. The van der Waals surface area contributed by atoms with Crippen LogP contribution in [0.1, 0.15) is 31.8 Å². The van der Waals surface area contributed by atoms with E-state index in [9.17, 15) is 0 Å². The minimum absolute atomic E-state index is 0.00718. The summed E-state index contributed by atoms with van der Waals surface area (Å²) in [7, 11) is 0. The Morgan fingerprint density at radius 2 is 1.89 bits per heavy atom. The second-order valence-corrected chi connectivity index (χ2v) is 7.25. The Kier molecular flexibility index (Phi) is 4.21. The largest absolute Gasteiger partial charge is 0.322 e. The number of rotatable bonds is 2. The first-order valence-electron chi connectivity index (χ1n) is 5.95. The van der Waals surface area contributed by atoms with E-state index in [1.54, 1.807) is 17.4 Å². The van der Waals surface area contributed by atoms with Gasteiger partial charge in [-0.05, 0) is 17.5 Å². The van der Waals surface area contributed by atoms with Crippen molar-refractivity contribution in [2.45, 2.75) is 26.8 Å². The van der Waals surface area contributed by atoms with E-state index in [1.165, 1.54) is 0 Å². The van der Waals surface area contributed by atoms with Gasteiger partial charge in [-0.1, -0.05) is 50.0 Å². The predicted molar refractivity (Wildman–Crippen MR) is 84.0 cm³/mol. The molecule has 0 aliphatic heterocycles. The van der Waals surface area contributed by atoms with Gasteiger partial charge in [0.2, 0.25) is 0 Å². The van der Waals surface area contributed by atoms with Gasteiger partial charge < -0.3 is 5.73 Å². The van der Waals surface area contributed by atoms with Crippen LogP contribution in [0.2, 0.25) is 10.0 Å². The Morgan fingerprint density at radius 1 is 1.21 bits per heavy atom. The lowest BCUT2D eigenvalue weighted by Gasteiger charge is -2.24. The quantitative estimate of drug-likeness (QED) is 0.831. The van der Waals surface area contributed by atoms with Crippen molar-refractivity contribution in [1.82, 2.24) is 4.98 Å². The number of halogens is 2. The molecule has 1 atom stereocenters. The summed E-state index contributed by atoms with van der Waals surface area (Å²) in [6.07, 6.45) is 0. The van der Waals surface area contributed by atoms with E-state index in [4.69, 9.17) is 28.9 Å². The van der Waals surface area contributed by atoms with E-state index in [1.807, 2.05) is 17.5 Å². The van der Waals surface area contributed by atoms with Crippen molar-refractivity contribution in [2.75, 3.05) is 0 Å². The number of hydrogen-bond donors (Lipinski definition) is 1. The fraction of sp³-hybridized carbons (Fsp3) is 0.357. The molecule has 2 N–H and O–H groups in total. The highest BCUT2D eigenvalue weighted by Gasteiger charge is 2.25. The molecule has 2 rings (SSSR count). The monoisotopic (exact) mass is 314 g/mol. The molecular weight excluding hydrogens is 299 g/mol. The molecule has 0 bridgehead atoms. The SMILES string of the molecule is CC(C)(C)C(N)c1nc(-c2ccc(Cl)c(Cl)c2)cs1. The molecule has 1 aromatic carbocycles. The Hall–Kier alpha value is -0.610. The number of nitrogens with two attached hydrogens (primary N) is 1. The Labute approximate surface area is 127 Å². The van der Waals surface area contributed by atoms with Crippen LogP contribution in [0.25, 0.3) is 11.3 Å². The van der Waals surface area contributed by atoms with Crippen molar-refractivity contribution in [3.63, 3.8) is 0 Å². The zero-order valence-electron chi connectivity index (χ0n) is 11.1. The van der Waals surface area contributed by atoms with Crippen molar-refractivity contribution < 1.29 is 0 Å². The summed E-state index contributed by atoms with van der Waals surface area (Å²) >= 11 is 13.5. The molecule has 0 fully saturated rings. The van der Waals surface area contributed by atoms with E-state index in [0.29, 0.717) is 10.0 Å². The second-order valence-electron chi connectivity index (χ2n) is 5.54. The van der Waals surface area contributed by atoms with Gasteiger partial charge >= 0.3 is 0 Å². The molecule has 1 unspecified atom stereocenters. The van der Waals surface area contributed by atoms with Crippen LogP contribution in [0.4, 0.5) is 0 Å². The molecule has 102 valence electrons. The summed E-state index contributed by atoms with van der Waals surface area (Å²) in [4.78, 5) is 4.61. The number of nitrogens with zero attached hydrogens (tertiary/aromatic N) is 1. The highest BCUT2D eigenvalue weighted by molar-refractivity contribution is 7.10. The molecular formula is C14H16Cl2N2S. The minimum Gasteiger partial charge on any atom is -0.322 e. The van der Waals surface area contributed by atoms with Crippen molar-refractivity contribution in [1.29, 1.82) is 0 Å². The maximum Gasteiger partial charge on any atom is 0.111 e. The van der Waals surface area contributed by atoms with Crippen LogP contribution in [0.15, 0.2) is 23.6 Å². The number of benzene rings is 1. The van der Waals surface area contributed by atoms with E-state index in [-0.39, 0.29) is 11.5 Å². The summed E-state index contributed by atoms with van der Waals surface area (Å²) in [5.41, 5.74) is 8.05. The topological polar surface area (TPSA) is 38.9 Å². The van der Waals surface area contributed by atoms with Crippen LogP contribution in [0, 0.1) is 5.41 Å². The van der Waals surface area contributed by atoms with Crippen LogP contribution in [0.5, 0.6) is 0 Å². The molecule has 1 aromatic heterocycles. The third-order valence-electron chi connectivity index (χ3n) is 2.94. The van der Waals surface area contributed by atoms with Crippen LogP contribution >= 0.6 is 34.5 Å². The van der Waals surface area contributed by atoms with Crippen molar-refractivity contribution in [3.05, 3.63) is 38.6 Å². The highest BCUT2D eigenvalue weighted by atomic mass is 35.5. The Morgan fingerprint density at radius 3 is 2.47 bits per heavy atom. The Bertz CT molecular complexity index is 587. The molecule has 0 saturated carbocycles. The fourth-order valence-electron chi connectivity index (χ4n) is 1.59. The maximum atomic E-state index is 6.22. The van der Waals surface area contributed by atoms with Gasteiger partial charge in [0.05, 0.1) is 21.8 Å². The van der Waals surface area contributed by atoms with Crippen LogP contribution in [0.3, 0.4) is 0 Å². The van der Waals surface area contributed by atoms with Gasteiger partial charge in [-0.15, -0.1) is 11.3 Å². The first kappa shape index (κ1) is 14.8. The van der Waals surface area contributed by atoms with E-state index >= 15 is 0 Å². The minimum atomic E-state index is -0.0750. The molecule has 0 radical (unpaired) electrons. The van der Waals surface area contributed by atoms with Gasteiger partial charge in [0.1, 0.15) is 5.01 Å². The van der Waals surface area contributed by atoms with Gasteiger partial charge in [-0.3, -0.25) is 0 Å².